The third kappa shape index (κ3) is 3.88. The topological polar surface area (TPSA) is 48.3 Å². The fourth-order valence-electron chi connectivity index (χ4n) is 4.38. The van der Waals surface area contributed by atoms with Crippen molar-refractivity contribution in [2.75, 3.05) is 19.7 Å². The normalized spacial score (nSPS) is 15.6. The molecule has 5 rings (SSSR count). The van der Waals surface area contributed by atoms with Gasteiger partial charge >= 0.3 is 0 Å². The fourth-order valence-corrected chi connectivity index (χ4v) is 4.38. The maximum atomic E-state index is 14.1. The summed E-state index contributed by atoms with van der Waals surface area (Å²) >= 11 is 0. The molecule has 1 N–H and O–H groups in total. The van der Waals surface area contributed by atoms with Crippen LogP contribution in [0.2, 0.25) is 0 Å². The zero-order valence-corrected chi connectivity index (χ0v) is 18.1. The Morgan fingerprint density at radius 1 is 1.16 bits per heavy atom. The van der Waals surface area contributed by atoms with Crippen molar-refractivity contribution in [3.63, 3.8) is 0 Å². The first-order valence-corrected chi connectivity index (χ1v) is 10.8. The molecule has 0 bridgehead atoms. The zero-order valence-electron chi connectivity index (χ0n) is 18.1. The van der Waals surface area contributed by atoms with Gasteiger partial charge in [0, 0.05) is 42.3 Å². The van der Waals surface area contributed by atoms with Gasteiger partial charge in [-0.2, -0.15) is 0 Å². The number of rotatable bonds is 6. The third-order valence-corrected chi connectivity index (χ3v) is 5.88. The fraction of sp³-hybridized carbons (Fsp3) is 0.320. The molecule has 166 valence electrons. The van der Waals surface area contributed by atoms with E-state index in [2.05, 4.69) is 10.3 Å². The summed E-state index contributed by atoms with van der Waals surface area (Å²) in [5.41, 5.74) is 3.24. The van der Waals surface area contributed by atoms with Crippen LogP contribution in [0.25, 0.3) is 21.8 Å². The van der Waals surface area contributed by atoms with Gasteiger partial charge in [0.15, 0.2) is 11.5 Å². The Morgan fingerprint density at radius 3 is 2.91 bits per heavy atom. The summed E-state index contributed by atoms with van der Waals surface area (Å²) in [4.78, 5) is 4.56. The molecule has 3 heterocycles. The number of aromatic nitrogens is 2. The maximum Gasteiger partial charge on any atom is 0.171 e. The van der Waals surface area contributed by atoms with Crippen LogP contribution in [-0.4, -0.2) is 35.4 Å². The van der Waals surface area contributed by atoms with Crippen LogP contribution < -0.4 is 14.8 Å². The predicted molar refractivity (Wildman–Crippen MR) is 120 cm³/mol. The molecule has 7 heteroatoms. The zero-order chi connectivity index (χ0) is 22.2. The van der Waals surface area contributed by atoms with E-state index < -0.39 is 11.6 Å². The lowest BCUT2D eigenvalue weighted by Gasteiger charge is -2.27. The highest BCUT2D eigenvalue weighted by Gasteiger charge is 2.23. The molecule has 2 aromatic carbocycles. The lowest BCUT2D eigenvalue weighted by atomic mass is 10.1. The lowest BCUT2D eigenvalue weighted by Crippen LogP contribution is -2.38. The van der Waals surface area contributed by atoms with Crippen LogP contribution >= 0.6 is 0 Å². The summed E-state index contributed by atoms with van der Waals surface area (Å²) in [6.07, 6.45) is 3.35. The van der Waals surface area contributed by atoms with Gasteiger partial charge in [0.25, 0.3) is 0 Å². The highest BCUT2D eigenvalue weighted by atomic mass is 19.1. The molecule has 0 radical (unpaired) electrons. The number of nitrogens with one attached hydrogen (secondary N) is 1. The Morgan fingerprint density at radius 2 is 2.03 bits per heavy atom. The van der Waals surface area contributed by atoms with Gasteiger partial charge in [-0.1, -0.05) is 0 Å². The molecule has 1 atom stereocenters. The van der Waals surface area contributed by atoms with Crippen molar-refractivity contribution in [2.24, 2.45) is 7.05 Å². The van der Waals surface area contributed by atoms with Crippen LogP contribution in [0, 0.1) is 18.6 Å². The van der Waals surface area contributed by atoms with Crippen molar-refractivity contribution in [3.05, 3.63) is 65.5 Å². The smallest absolute Gasteiger partial charge is 0.171 e. The number of ether oxygens (including phenoxy) is 2. The van der Waals surface area contributed by atoms with E-state index in [1.165, 1.54) is 6.07 Å². The summed E-state index contributed by atoms with van der Waals surface area (Å²) in [5, 5.41) is 5.01. The van der Waals surface area contributed by atoms with Gasteiger partial charge in [-0.25, -0.2) is 8.78 Å². The van der Waals surface area contributed by atoms with Crippen LogP contribution in [-0.2, 0) is 13.5 Å². The molecular weight excluding hydrogens is 412 g/mol. The second kappa shape index (κ2) is 8.39. The number of pyridine rings is 1. The first kappa shape index (κ1) is 20.7. The Labute approximate surface area is 185 Å². The Bertz CT molecular complexity index is 1300. The van der Waals surface area contributed by atoms with Gasteiger partial charge in [0.05, 0.1) is 11.0 Å². The number of nitrogens with zero attached hydrogens (tertiary/aromatic N) is 2. The van der Waals surface area contributed by atoms with E-state index in [9.17, 15) is 8.78 Å². The standard InChI is InChI=1S/C25H25F2N3O2/c1-15-5-6-19-22(29-15)7-8-23-25(19)32-18(14-31-23)12-28-9-3-4-16-13-30(2)24-20(16)10-17(26)11-21(24)27/h5-8,10-11,13,18,28H,3-4,9,12,14H2,1-2H3/t18-/m0/s1. The number of hydrogen-bond donors (Lipinski definition) is 1. The average Bonchev–Trinajstić information content (AvgIpc) is 3.08. The molecule has 0 unspecified atom stereocenters. The minimum absolute atomic E-state index is 0.102. The van der Waals surface area contributed by atoms with Crippen molar-refractivity contribution in [3.8, 4) is 11.5 Å². The number of hydrogen-bond acceptors (Lipinski definition) is 4. The monoisotopic (exact) mass is 437 g/mol. The first-order valence-electron chi connectivity index (χ1n) is 10.8. The number of fused-ring (bicyclic) bond motifs is 4. The highest BCUT2D eigenvalue weighted by Crippen LogP contribution is 2.38. The van der Waals surface area contributed by atoms with Crippen molar-refractivity contribution >= 4 is 21.8 Å². The molecule has 0 spiro atoms. The number of aryl methyl sites for hydroxylation is 3. The lowest BCUT2D eigenvalue weighted by molar-refractivity contribution is 0.0925. The Kier molecular flexibility index (Phi) is 5.43. The Hall–Kier alpha value is -3.19. The minimum atomic E-state index is -0.548. The van der Waals surface area contributed by atoms with Gasteiger partial charge in [-0.3, -0.25) is 4.98 Å². The number of benzene rings is 2. The van der Waals surface area contributed by atoms with Crippen LogP contribution in [0.1, 0.15) is 17.7 Å². The molecule has 0 aliphatic carbocycles. The van der Waals surface area contributed by atoms with Gasteiger partial charge in [-0.15, -0.1) is 0 Å². The molecule has 0 amide bonds. The molecule has 32 heavy (non-hydrogen) atoms. The van der Waals surface area contributed by atoms with E-state index in [1.807, 2.05) is 37.4 Å². The van der Waals surface area contributed by atoms with E-state index >= 15 is 0 Å². The highest BCUT2D eigenvalue weighted by molar-refractivity contribution is 5.88. The number of halogens is 2. The summed E-state index contributed by atoms with van der Waals surface area (Å²) in [6, 6.07) is 10.2. The molecule has 1 aliphatic rings. The third-order valence-electron chi connectivity index (χ3n) is 5.88. The molecule has 0 saturated carbocycles. The summed E-state index contributed by atoms with van der Waals surface area (Å²) < 4.78 is 41.6. The SMILES string of the molecule is Cc1ccc2c3c(ccc2n1)OC[C@H](CNCCCc1cn(C)c2c(F)cc(F)cc12)O3. The van der Waals surface area contributed by atoms with Gasteiger partial charge in [-0.05, 0) is 62.2 Å². The van der Waals surface area contributed by atoms with E-state index in [4.69, 9.17) is 9.47 Å². The van der Waals surface area contributed by atoms with Gasteiger partial charge in [0.1, 0.15) is 24.3 Å². The molecule has 4 aromatic rings. The summed E-state index contributed by atoms with van der Waals surface area (Å²) in [7, 11) is 1.78. The molecule has 1 aliphatic heterocycles. The van der Waals surface area contributed by atoms with E-state index in [-0.39, 0.29) is 6.10 Å². The second-order valence-corrected chi connectivity index (χ2v) is 8.32. The molecule has 5 nitrogen and oxygen atoms in total. The van der Waals surface area contributed by atoms with Crippen molar-refractivity contribution < 1.29 is 18.3 Å². The second-order valence-electron chi connectivity index (χ2n) is 8.32. The first-order chi connectivity index (χ1) is 15.5. The van der Waals surface area contributed by atoms with Crippen molar-refractivity contribution in [2.45, 2.75) is 25.9 Å². The minimum Gasteiger partial charge on any atom is -0.486 e. The van der Waals surface area contributed by atoms with Crippen LogP contribution in [0.4, 0.5) is 8.78 Å². The van der Waals surface area contributed by atoms with Crippen molar-refractivity contribution in [1.29, 1.82) is 0 Å². The molecule has 2 aromatic heterocycles. The van der Waals surface area contributed by atoms with E-state index in [0.717, 1.165) is 59.1 Å². The van der Waals surface area contributed by atoms with E-state index in [1.54, 1.807) is 11.6 Å². The van der Waals surface area contributed by atoms with Crippen LogP contribution in [0.15, 0.2) is 42.6 Å². The maximum absolute atomic E-state index is 14.1. The van der Waals surface area contributed by atoms with Gasteiger partial charge in [0.2, 0.25) is 0 Å². The molecule has 0 saturated heterocycles. The van der Waals surface area contributed by atoms with Crippen LogP contribution in [0.5, 0.6) is 11.5 Å². The quantitative estimate of drug-likeness (QED) is 0.445. The van der Waals surface area contributed by atoms with E-state index in [0.29, 0.717) is 24.1 Å². The molecular formula is C25H25F2N3O2. The van der Waals surface area contributed by atoms with Gasteiger partial charge < -0.3 is 19.4 Å². The largest absolute Gasteiger partial charge is 0.486 e. The Balaban J connectivity index is 1.18. The molecule has 0 fully saturated rings. The predicted octanol–water partition coefficient (Wildman–Crippen LogP) is 4.68. The van der Waals surface area contributed by atoms with Crippen LogP contribution in [0.3, 0.4) is 0 Å². The summed E-state index contributed by atoms with van der Waals surface area (Å²) in [6.45, 7) is 3.85. The average molecular weight is 437 g/mol. The van der Waals surface area contributed by atoms with Crippen molar-refractivity contribution in [1.82, 2.24) is 14.9 Å². The summed E-state index contributed by atoms with van der Waals surface area (Å²) in [5.74, 6) is 0.412.